The van der Waals surface area contributed by atoms with E-state index < -0.39 is 0 Å². The third kappa shape index (κ3) is 3.80. The van der Waals surface area contributed by atoms with Crippen molar-refractivity contribution >= 4 is 11.8 Å². The molecule has 0 spiro atoms. The van der Waals surface area contributed by atoms with E-state index in [1.807, 2.05) is 19.3 Å². The molecular weight excluding hydrogens is 328 g/mol. The summed E-state index contributed by atoms with van der Waals surface area (Å²) in [6, 6.07) is 17.4. The van der Waals surface area contributed by atoms with Gasteiger partial charge in [0.1, 0.15) is 5.82 Å². The van der Waals surface area contributed by atoms with Crippen LogP contribution in [-0.4, -0.2) is 16.2 Å². The van der Waals surface area contributed by atoms with Gasteiger partial charge in [0.15, 0.2) is 0 Å². The van der Waals surface area contributed by atoms with Crippen LogP contribution in [0.25, 0.3) is 5.69 Å². The first-order valence-electron chi connectivity index (χ1n) is 8.79. The summed E-state index contributed by atoms with van der Waals surface area (Å²) in [6.45, 7) is 2.90. The molecular formula is C21H22N2OS. The van der Waals surface area contributed by atoms with Crippen molar-refractivity contribution in [3.05, 3.63) is 72.3 Å². The number of imidazole rings is 1. The molecule has 0 saturated carbocycles. The summed E-state index contributed by atoms with van der Waals surface area (Å²) in [5.41, 5.74) is 2.44. The monoisotopic (exact) mass is 350 g/mol. The highest BCUT2D eigenvalue weighted by molar-refractivity contribution is 7.99. The van der Waals surface area contributed by atoms with Gasteiger partial charge >= 0.3 is 0 Å². The van der Waals surface area contributed by atoms with E-state index in [1.165, 1.54) is 28.2 Å². The fourth-order valence-electron chi connectivity index (χ4n) is 3.24. The molecule has 3 nitrogen and oxygen atoms in total. The van der Waals surface area contributed by atoms with Crippen molar-refractivity contribution in [1.29, 1.82) is 0 Å². The van der Waals surface area contributed by atoms with Crippen LogP contribution in [-0.2, 0) is 4.74 Å². The Morgan fingerprint density at radius 2 is 1.96 bits per heavy atom. The van der Waals surface area contributed by atoms with Crippen LogP contribution in [0, 0.1) is 6.92 Å². The van der Waals surface area contributed by atoms with Gasteiger partial charge in [0.05, 0.1) is 6.10 Å². The number of hydrogen-bond donors (Lipinski definition) is 0. The summed E-state index contributed by atoms with van der Waals surface area (Å²) < 4.78 is 8.01. The maximum atomic E-state index is 5.92. The minimum Gasteiger partial charge on any atom is -0.374 e. The normalized spacial score (nSPS) is 17.6. The summed E-state index contributed by atoms with van der Waals surface area (Å²) in [5.74, 6) is 1.00. The Kier molecular flexibility index (Phi) is 4.90. The molecule has 0 radical (unpaired) electrons. The average Bonchev–Trinajstić information content (AvgIpc) is 3.09. The van der Waals surface area contributed by atoms with Gasteiger partial charge in [-0.05, 0) is 68.1 Å². The number of aromatic nitrogens is 2. The number of benzene rings is 2. The lowest BCUT2D eigenvalue weighted by Gasteiger charge is -2.23. The molecule has 1 saturated heterocycles. The molecule has 1 aliphatic rings. The van der Waals surface area contributed by atoms with E-state index in [2.05, 4.69) is 58.1 Å². The van der Waals surface area contributed by atoms with E-state index in [0.29, 0.717) is 0 Å². The van der Waals surface area contributed by atoms with Crippen LogP contribution in [0.1, 0.15) is 36.8 Å². The maximum absolute atomic E-state index is 5.92. The van der Waals surface area contributed by atoms with Crippen LogP contribution in [0.5, 0.6) is 0 Å². The predicted octanol–water partition coefficient (Wildman–Crippen LogP) is 5.57. The summed E-state index contributed by atoms with van der Waals surface area (Å²) in [6.07, 6.45) is 7.67. The number of ether oxygens (including phenoxy) is 1. The smallest absolute Gasteiger partial charge is 0.110 e. The largest absolute Gasteiger partial charge is 0.374 e. The van der Waals surface area contributed by atoms with Gasteiger partial charge in [-0.3, -0.25) is 0 Å². The Bertz CT molecular complexity index is 835. The van der Waals surface area contributed by atoms with Crippen LogP contribution < -0.4 is 0 Å². The summed E-state index contributed by atoms with van der Waals surface area (Å²) in [4.78, 5) is 6.78. The molecule has 1 aromatic heterocycles. The van der Waals surface area contributed by atoms with Gasteiger partial charge in [0, 0.05) is 34.5 Å². The van der Waals surface area contributed by atoms with Crippen LogP contribution in [0.15, 0.2) is 70.7 Å². The Balaban J connectivity index is 1.49. The lowest BCUT2D eigenvalue weighted by atomic mass is 10.0. The second-order valence-corrected chi connectivity index (χ2v) is 7.52. The molecule has 0 amide bonds. The molecule has 2 aromatic carbocycles. The standard InChI is InChI=1S/C21H22N2OS/c1-16-22-12-13-23(16)18-8-10-19(11-9-18)25-20-6-4-5-17(15-20)21-7-2-3-14-24-21/h4-6,8-13,15,21H,2-3,7,14H2,1H3. The molecule has 0 aliphatic carbocycles. The molecule has 25 heavy (non-hydrogen) atoms. The third-order valence-electron chi connectivity index (χ3n) is 4.59. The minimum atomic E-state index is 0.265. The highest BCUT2D eigenvalue weighted by Gasteiger charge is 2.16. The van der Waals surface area contributed by atoms with Crippen molar-refractivity contribution in [2.75, 3.05) is 6.61 Å². The van der Waals surface area contributed by atoms with Crippen molar-refractivity contribution in [2.24, 2.45) is 0 Å². The lowest BCUT2D eigenvalue weighted by molar-refractivity contribution is 0.0148. The summed E-state index contributed by atoms with van der Waals surface area (Å²) >= 11 is 1.80. The molecule has 4 heteroatoms. The Labute approximate surface area is 153 Å². The second kappa shape index (κ2) is 7.46. The Hall–Kier alpha value is -2.04. The first-order chi connectivity index (χ1) is 12.3. The minimum absolute atomic E-state index is 0.265. The first kappa shape index (κ1) is 16.4. The predicted molar refractivity (Wildman–Crippen MR) is 101 cm³/mol. The molecule has 1 unspecified atom stereocenters. The van der Waals surface area contributed by atoms with E-state index in [0.717, 1.165) is 24.5 Å². The second-order valence-electron chi connectivity index (χ2n) is 6.37. The highest BCUT2D eigenvalue weighted by atomic mass is 32.2. The zero-order valence-corrected chi connectivity index (χ0v) is 15.2. The van der Waals surface area contributed by atoms with Crippen LogP contribution in [0.3, 0.4) is 0 Å². The van der Waals surface area contributed by atoms with Gasteiger partial charge < -0.3 is 9.30 Å². The quantitative estimate of drug-likeness (QED) is 0.615. The Morgan fingerprint density at radius 1 is 1.08 bits per heavy atom. The van der Waals surface area contributed by atoms with E-state index in [1.54, 1.807) is 11.8 Å². The molecule has 0 bridgehead atoms. The van der Waals surface area contributed by atoms with Gasteiger partial charge in [0.25, 0.3) is 0 Å². The van der Waals surface area contributed by atoms with Crippen LogP contribution >= 0.6 is 11.8 Å². The SMILES string of the molecule is Cc1nccn1-c1ccc(Sc2cccc(C3CCCCO3)c2)cc1. The Morgan fingerprint density at radius 3 is 2.68 bits per heavy atom. The van der Waals surface area contributed by atoms with Gasteiger partial charge in [-0.15, -0.1) is 0 Å². The number of nitrogens with zero attached hydrogens (tertiary/aromatic N) is 2. The highest BCUT2D eigenvalue weighted by Crippen LogP contribution is 2.33. The number of rotatable bonds is 4. The molecule has 4 rings (SSSR count). The number of hydrogen-bond acceptors (Lipinski definition) is 3. The van der Waals surface area contributed by atoms with Gasteiger partial charge in [-0.1, -0.05) is 23.9 Å². The van der Waals surface area contributed by atoms with E-state index in [-0.39, 0.29) is 6.10 Å². The van der Waals surface area contributed by atoms with Gasteiger partial charge in [-0.25, -0.2) is 4.98 Å². The van der Waals surface area contributed by atoms with E-state index in [4.69, 9.17) is 4.74 Å². The first-order valence-corrected chi connectivity index (χ1v) is 9.61. The molecule has 3 aromatic rings. The summed E-state index contributed by atoms with van der Waals surface area (Å²) in [5, 5.41) is 0. The lowest BCUT2D eigenvalue weighted by Crippen LogP contribution is -2.11. The number of aryl methyl sites for hydroxylation is 1. The zero-order valence-electron chi connectivity index (χ0n) is 14.4. The van der Waals surface area contributed by atoms with Crippen molar-refractivity contribution in [3.8, 4) is 5.69 Å². The molecule has 128 valence electrons. The third-order valence-corrected chi connectivity index (χ3v) is 5.58. The molecule has 1 aliphatic heterocycles. The van der Waals surface area contributed by atoms with E-state index >= 15 is 0 Å². The molecule has 2 heterocycles. The maximum Gasteiger partial charge on any atom is 0.110 e. The van der Waals surface area contributed by atoms with Gasteiger partial charge in [0.2, 0.25) is 0 Å². The van der Waals surface area contributed by atoms with Crippen molar-refractivity contribution in [1.82, 2.24) is 9.55 Å². The fraction of sp³-hybridized carbons (Fsp3) is 0.286. The van der Waals surface area contributed by atoms with Crippen molar-refractivity contribution < 1.29 is 4.74 Å². The summed E-state index contributed by atoms with van der Waals surface area (Å²) in [7, 11) is 0. The zero-order chi connectivity index (χ0) is 17.1. The van der Waals surface area contributed by atoms with Crippen molar-refractivity contribution in [3.63, 3.8) is 0 Å². The average molecular weight is 350 g/mol. The molecule has 0 N–H and O–H groups in total. The van der Waals surface area contributed by atoms with Crippen molar-refractivity contribution in [2.45, 2.75) is 42.1 Å². The van der Waals surface area contributed by atoms with E-state index in [9.17, 15) is 0 Å². The van der Waals surface area contributed by atoms with Gasteiger partial charge in [-0.2, -0.15) is 0 Å². The van der Waals surface area contributed by atoms with Crippen LogP contribution in [0.2, 0.25) is 0 Å². The van der Waals surface area contributed by atoms with Crippen LogP contribution in [0.4, 0.5) is 0 Å². The molecule has 1 atom stereocenters. The topological polar surface area (TPSA) is 27.1 Å². The fourth-order valence-corrected chi connectivity index (χ4v) is 4.13. The molecule has 1 fully saturated rings.